The zero-order valence-electron chi connectivity index (χ0n) is 14.2. The first-order valence-electron chi connectivity index (χ1n) is 7.82. The van der Waals surface area contributed by atoms with E-state index in [1.54, 1.807) is 24.3 Å². The Morgan fingerprint density at radius 2 is 1.88 bits per heavy atom. The molecule has 0 spiro atoms. The van der Waals surface area contributed by atoms with E-state index in [2.05, 4.69) is 15.6 Å². The van der Waals surface area contributed by atoms with Gasteiger partial charge in [0.2, 0.25) is 0 Å². The first-order valence-corrected chi connectivity index (χ1v) is 8.57. The first kappa shape index (κ1) is 22.5. The van der Waals surface area contributed by atoms with Gasteiger partial charge in [-0.1, -0.05) is 47.5 Å². The van der Waals surface area contributed by atoms with Gasteiger partial charge in [-0.25, -0.2) is 0 Å². The van der Waals surface area contributed by atoms with Gasteiger partial charge in [-0.05, 0) is 36.8 Å². The van der Waals surface area contributed by atoms with Crippen LogP contribution >= 0.6 is 47.2 Å². The van der Waals surface area contributed by atoms with Gasteiger partial charge in [-0.2, -0.15) is 0 Å². The van der Waals surface area contributed by atoms with Crippen LogP contribution in [-0.2, 0) is 0 Å². The molecule has 0 fully saturated rings. The van der Waals surface area contributed by atoms with E-state index in [0.29, 0.717) is 28.7 Å². The van der Waals surface area contributed by atoms with Crippen LogP contribution < -0.4 is 16.4 Å². The second-order valence-electron chi connectivity index (χ2n) is 5.42. The van der Waals surface area contributed by atoms with Crippen molar-refractivity contribution in [1.82, 2.24) is 10.6 Å². The third-order valence-corrected chi connectivity index (χ3v) is 4.07. The zero-order chi connectivity index (χ0) is 18.2. The summed E-state index contributed by atoms with van der Waals surface area (Å²) in [6.45, 7) is 2.69. The van der Waals surface area contributed by atoms with Crippen molar-refractivity contribution in [3.05, 3.63) is 69.7 Å². The summed E-state index contributed by atoms with van der Waals surface area (Å²) in [6, 6.07) is 14.2. The van der Waals surface area contributed by atoms with Gasteiger partial charge in [0.1, 0.15) is 0 Å². The summed E-state index contributed by atoms with van der Waals surface area (Å²) < 4.78 is 0. The molecule has 26 heavy (non-hydrogen) atoms. The molecule has 0 saturated carbocycles. The molecule has 0 aliphatic carbocycles. The molecule has 0 saturated heterocycles. The van der Waals surface area contributed by atoms with Crippen LogP contribution in [0.1, 0.15) is 28.9 Å². The summed E-state index contributed by atoms with van der Waals surface area (Å²) in [5.74, 6) is 0.149. The average molecular weight is 507 g/mol. The number of nitrogens with zero attached hydrogens (tertiary/aromatic N) is 1. The molecule has 0 aromatic heterocycles. The smallest absolute Gasteiger partial charge is 0.251 e. The summed E-state index contributed by atoms with van der Waals surface area (Å²) in [6.07, 6.45) is 0. The molecule has 5 nitrogen and oxygen atoms in total. The summed E-state index contributed by atoms with van der Waals surface area (Å²) in [4.78, 5) is 16.1. The number of benzene rings is 2. The highest BCUT2D eigenvalue weighted by Gasteiger charge is 2.10. The lowest BCUT2D eigenvalue weighted by molar-refractivity contribution is 0.0955. The first-order chi connectivity index (χ1) is 12.0. The summed E-state index contributed by atoms with van der Waals surface area (Å²) in [5.41, 5.74) is 7.37. The predicted octanol–water partition coefficient (Wildman–Crippen LogP) is 4.01. The molecule has 0 bridgehead atoms. The molecule has 0 aliphatic heterocycles. The van der Waals surface area contributed by atoms with Crippen molar-refractivity contribution in [3.63, 3.8) is 0 Å². The number of carbonyl (C=O) groups excluding carboxylic acids is 1. The Hall–Kier alpha value is -1.51. The third-order valence-electron chi connectivity index (χ3n) is 3.51. The molecule has 4 N–H and O–H groups in total. The maximum Gasteiger partial charge on any atom is 0.251 e. The van der Waals surface area contributed by atoms with Crippen LogP contribution in [0.5, 0.6) is 0 Å². The lowest BCUT2D eigenvalue weighted by Crippen LogP contribution is -2.35. The minimum absolute atomic E-state index is 0. The van der Waals surface area contributed by atoms with Crippen molar-refractivity contribution < 1.29 is 4.79 Å². The number of amides is 1. The molecule has 2 aromatic rings. The van der Waals surface area contributed by atoms with Gasteiger partial charge < -0.3 is 16.4 Å². The molecule has 1 unspecified atom stereocenters. The summed E-state index contributed by atoms with van der Waals surface area (Å²) in [5, 5.41) is 7.00. The van der Waals surface area contributed by atoms with Crippen LogP contribution in [0.2, 0.25) is 10.0 Å². The number of aliphatic imine (C=N–C) groups is 1. The van der Waals surface area contributed by atoms with Crippen molar-refractivity contribution >= 4 is 59.0 Å². The van der Waals surface area contributed by atoms with E-state index in [-0.39, 0.29) is 41.9 Å². The fourth-order valence-electron chi connectivity index (χ4n) is 2.24. The van der Waals surface area contributed by atoms with Gasteiger partial charge in [-0.15, -0.1) is 24.0 Å². The molecular formula is C18H21Cl2IN4O. The van der Waals surface area contributed by atoms with Gasteiger partial charge in [-0.3, -0.25) is 9.79 Å². The molecule has 140 valence electrons. The van der Waals surface area contributed by atoms with E-state index < -0.39 is 0 Å². The van der Waals surface area contributed by atoms with Crippen LogP contribution in [0.15, 0.2) is 53.5 Å². The third kappa shape index (κ3) is 7.01. The Labute approximate surface area is 180 Å². The Morgan fingerprint density at radius 3 is 2.54 bits per heavy atom. The molecule has 0 aliphatic rings. The molecule has 0 heterocycles. The second kappa shape index (κ2) is 11.3. The number of hydrogen-bond acceptors (Lipinski definition) is 2. The van der Waals surface area contributed by atoms with Crippen LogP contribution in [0.4, 0.5) is 0 Å². The number of hydrogen-bond donors (Lipinski definition) is 3. The highest BCUT2D eigenvalue weighted by molar-refractivity contribution is 14.0. The van der Waals surface area contributed by atoms with E-state index in [0.717, 1.165) is 5.56 Å². The predicted molar refractivity (Wildman–Crippen MR) is 119 cm³/mol. The molecule has 0 radical (unpaired) electrons. The van der Waals surface area contributed by atoms with Crippen molar-refractivity contribution in [2.45, 2.75) is 13.0 Å². The van der Waals surface area contributed by atoms with Crippen LogP contribution in [0.25, 0.3) is 0 Å². The number of rotatable bonds is 6. The highest BCUT2D eigenvalue weighted by Crippen LogP contribution is 2.25. The van der Waals surface area contributed by atoms with Crippen LogP contribution in [0.3, 0.4) is 0 Å². The number of nitrogens with two attached hydrogens (primary N) is 1. The average Bonchev–Trinajstić information content (AvgIpc) is 2.59. The molecular weight excluding hydrogens is 486 g/mol. The van der Waals surface area contributed by atoms with Gasteiger partial charge >= 0.3 is 0 Å². The number of carbonyl (C=O) groups is 1. The Balaban J connectivity index is 0.00000338. The van der Waals surface area contributed by atoms with Crippen LogP contribution in [-0.4, -0.2) is 25.0 Å². The van der Waals surface area contributed by atoms with E-state index in [4.69, 9.17) is 28.9 Å². The van der Waals surface area contributed by atoms with Gasteiger partial charge in [0.05, 0.1) is 12.6 Å². The zero-order valence-corrected chi connectivity index (χ0v) is 18.0. The van der Waals surface area contributed by atoms with E-state index in [9.17, 15) is 4.79 Å². The number of nitrogens with one attached hydrogen (secondary N) is 2. The summed E-state index contributed by atoms with van der Waals surface area (Å²) >= 11 is 12.1. The van der Waals surface area contributed by atoms with E-state index in [1.165, 1.54) is 0 Å². The fraction of sp³-hybridized carbons (Fsp3) is 0.222. The SMILES string of the molecule is CC(NC(N)=NCCNC(=O)c1ccccc1)c1ccc(Cl)cc1Cl.I. The number of halogens is 3. The Morgan fingerprint density at radius 1 is 1.19 bits per heavy atom. The highest BCUT2D eigenvalue weighted by atomic mass is 127. The van der Waals surface area contributed by atoms with Crippen molar-refractivity contribution in [3.8, 4) is 0 Å². The molecule has 2 rings (SSSR count). The van der Waals surface area contributed by atoms with Crippen LogP contribution in [0, 0.1) is 0 Å². The molecule has 1 atom stereocenters. The normalized spacial score (nSPS) is 12.0. The minimum Gasteiger partial charge on any atom is -0.370 e. The van der Waals surface area contributed by atoms with E-state index >= 15 is 0 Å². The fourth-order valence-corrected chi connectivity index (χ4v) is 2.81. The van der Waals surface area contributed by atoms with E-state index in [1.807, 2.05) is 31.2 Å². The maximum absolute atomic E-state index is 11.9. The lowest BCUT2D eigenvalue weighted by atomic mass is 10.1. The Kier molecular flexibility index (Phi) is 9.75. The standard InChI is InChI=1S/C18H20Cl2N4O.HI/c1-12(15-8-7-14(19)11-16(15)20)24-18(21)23-10-9-22-17(25)13-5-3-2-4-6-13;/h2-8,11-12H,9-10H2,1H3,(H,22,25)(H3,21,23,24);1H. The Bertz CT molecular complexity index is 756. The van der Waals surface area contributed by atoms with Crippen molar-refractivity contribution in [1.29, 1.82) is 0 Å². The second-order valence-corrected chi connectivity index (χ2v) is 6.26. The maximum atomic E-state index is 11.9. The molecule has 2 aromatic carbocycles. The quantitative estimate of drug-likeness (QED) is 0.240. The molecule has 1 amide bonds. The van der Waals surface area contributed by atoms with Gasteiger partial charge in [0, 0.05) is 22.2 Å². The van der Waals surface area contributed by atoms with Crippen molar-refractivity contribution in [2.75, 3.05) is 13.1 Å². The van der Waals surface area contributed by atoms with Crippen molar-refractivity contribution in [2.24, 2.45) is 10.7 Å². The van der Waals surface area contributed by atoms with Gasteiger partial charge in [0.15, 0.2) is 5.96 Å². The number of guanidine groups is 1. The topological polar surface area (TPSA) is 79.5 Å². The monoisotopic (exact) mass is 506 g/mol. The minimum atomic E-state index is -0.136. The largest absolute Gasteiger partial charge is 0.370 e. The van der Waals surface area contributed by atoms with Gasteiger partial charge in [0.25, 0.3) is 5.91 Å². The summed E-state index contributed by atoms with van der Waals surface area (Å²) in [7, 11) is 0. The lowest BCUT2D eigenvalue weighted by Gasteiger charge is -2.16. The molecule has 8 heteroatoms.